The Morgan fingerprint density at radius 2 is 2.04 bits per heavy atom. The number of rotatable bonds is 4. The smallest absolute Gasteiger partial charge is 0.410 e. The van der Waals surface area contributed by atoms with E-state index in [-0.39, 0.29) is 18.3 Å². The Hall–Kier alpha value is -1.55. The van der Waals surface area contributed by atoms with Crippen molar-refractivity contribution in [1.29, 1.82) is 0 Å². The second kappa shape index (κ2) is 9.30. The number of alkyl halides is 3. The van der Waals surface area contributed by atoms with Crippen molar-refractivity contribution >= 4 is 39.5 Å². The molecule has 1 aliphatic heterocycles. The van der Waals surface area contributed by atoms with Gasteiger partial charge < -0.3 is 14.5 Å². The summed E-state index contributed by atoms with van der Waals surface area (Å²) in [7, 11) is 0. The highest BCUT2D eigenvalue weighted by Gasteiger charge is 2.52. The van der Waals surface area contributed by atoms with Gasteiger partial charge in [-0.3, -0.25) is 4.79 Å². The first-order valence-corrected chi connectivity index (χ1v) is 9.82. The average Bonchev–Trinajstić information content (AvgIpc) is 2.59. The minimum atomic E-state index is -4.72. The molecule has 0 aliphatic carbocycles. The lowest BCUT2D eigenvalue weighted by molar-refractivity contribution is -0.206. The fourth-order valence-electron chi connectivity index (χ4n) is 3.07. The molecule has 1 fully saturated rings. The SMILES string of the molecule is CCCCOC(=O)N1CC(c2cc(Cl)nc(Br)c2)N(C(C)=O)C(C(F)(F)F)C1. The van der Waals surface area contributed by atoms with Crippen LogP contribution < -0.4 is 0 Å². The van der Waals surface area contributed by atoms with Crippen molar-refractivity contribution < 1.29 is 27.5 Å². The summed E-state index contributed by atoms with van der Waals surface area (Å²) in [5.74, 6) is -0.754. The molecular weight excluding hydrogens is 467 g/mol. The van der Waals surface area contributed by atoms with E-state index >= 15 is 0 Å². The molecule has 28 heavy (non-hydrogen) atoms. The fraction of sp³-hybridized carbons (Fsp3) is 0.588. The van der Waals surface area contributed by atoms with Crippen LogP contribution in [-0.4, -0.2) is 58.7 Å². The van der Waals surface area contributed by atoms with E-state index in [4.69, 9.17) is 16.3 Å². The van der Waals surface area contributed by atoms with Gasteiger partial charge in [-0.1, -0.05) is 24.9 Å². The first-order chi connectivity index (χ1) is 13.0. The number of nitrogens with zero attached hydrogens (tertiary/aromatic N) is 3. The highest BCUT2D eigenvalue weighted by Crippen LogP contribution is 2.37. The number of hydrogen-bond acceptors (Lipinski definition) is 4. The van der Waals surface area contributed by atoms with Crippen LogP contribution in [0.25, 0.3) is 0 Å². The molecule has 1 saturated heterocycles. The summed E-state index contributed by atoms with van der Waals surface area (Å²) in [4.78, 5) is 30.1. The molecule has 6 nitrogen and oxygen atoms in total. The lowest BCUT2D eigenvalue weighted by Crippen LogP contribution is -2.62. The van der Waals surface area contributed by atoms with Crippen LogP contribution in [-0.2, 0) is 9.53 Å². The summed E-state index contributed by atoms with van der Waals surface area (Å²) >= 11 is 9.09. The average molecular weight is 487 g/mol. The minimum Gasteiger partial charge on any atom is -0.449 e. The molecule has 0 spiro atoms. The molecule has 2 heterocycles. The number of hydrogen-bond donors (Lipinski definition) is 0. The summed E-state index contributed by atoms with van der Waals surface area (Å²) in [5, 5.41) is 0.0547. The summed E-state index contributed by atoms with van der Waals surface area (Å²) in [5.41, 5.74) is 0.336. The van der Waals surface area contributed by atoms with Gasteiger partial charge >= 0.3 is 12.3 Å². The second-order valence-electron chi connectivity index (χ2n) is 6.42. The standard InChI is InChI=1S/C17H20BrClF3N3O3/c1-3-4-5-28-16(27)24-8-12(11-6-14(18)23-15(19)7-11)25(10(2)26)13(9-24)17(20,21)22/h6-7,12-13H,3-5,8-9H2,1-2H3. The number of amides is 2. The van der Waals surface area contributed by atoms with Crippen molar-refractivity contribution in [2.24, 2.45) is 0 Å². The van der Waals surface area contributed by atoms with E-state index in [1.165, 1.54) is 12.1 Å². The van der Waals surface area contributed by atoms with Gasteiger partial charge in [0.1, 0.15) is 15.8 Å². The Bertz CT molecular complexity index is 715. The van der Waals surface area contributed by atoms with Gasteiger partial charge in [-0.25, -0.2) is 9.78 Å². The largest absolute Gasteiger partial charge is 0.449 e. The van der Waals surface area contributed by atoms with E-state index in [9.17, 15) is 22.8 Å². The normalized spacial score (nSPS) is 20.2. The van der Waals surface area contributed by atoms with E-state index in [0.717, 1.165) is 23.1 Å². The maximum atomic E-state index is 13.7. The van der Waals surface area contributed by atoms with Crippen LogP contribution in [0.15, 0.2) is 16.7 Å². The van der Waals surface area contributed by atoms with E-state index in [0.29, 0.717) is 16.6 Å². The molecule has 2 unspecified atom stereocenters. The third-order valence-corrected chi connectivity index (χ3v) is 4.95. The highest BCUT2D eigenvalue weighted by atomic mass is 79.9. The first kappa shape index (κ1) is 22.7. The molecule has 2 atom stereocenters. The molecular formula is C17H20BrClF3N3O3. The molecule has 0 bridgehead atoms. The van der Waals surface area contributed by atoms with Crippen molar-refractivity contribution in [3.8, 4) is 0 Å². The molecule has 1 aliphatic rings. The maximum Gasteiger partial charge on any atom is 0.410 e. The van der Waals surface area contributed by atoms with E-state index in [1.807, 2.05) is 6.92 Å². The number of pyridine rings is 1. The van der Waals surface area contributed by atoms with E-state index < -0.39 is 36.8 Å². The molecule has 1 aromatic rings. The zero-order chi connectivity index (χ0) is 21.1. The molecule has 0 aromatic carbocycles. The third-order valence-electron chi connectivity index (χ3n) is 4.35. The molecule has 156 valence electrons. The lowest BCUT2D eigenvalue weighted by atomic mass is 9.99. The van der Waals surface area contributed by atoms with Crippen LogP contribution in [0.4, 0.5) is 18.0 Å². The zero-order valence-corrected chi connectivity index (χ0v) is 17.6. The lowest BCUT2D eigenvalue weighted by Gasteiger charge is -2.46. The van der Waals surface area contributed by atoms with Gasteiger partial charge in [0, 0.05) is 13.5 Å². The van der Waals surface area contributed by atoms with Crippen LogP contribution in [0.1, 0.15) is 38.3 Å². The Kier molecular flexibility index (Phi) is 7.55. The fourth-order valence-corrected chi connectivity index (χ4v) is 3.85. The van der Waals surface area contributed by atoms with Crippen LogP contribution in [0, 0.1) is 0 Å². The summed E-state index contributed by atoms with van der Waals surface area (Å²) in [6.07, 6.45) is -4.17. The summed E-state index contributed by atoms with van der Waals surface area (Å²) in [6, 6.07) is -0.348. The molecule has 0 radical (unpaired) electrons. The molecule has 0 N–H and O–H groups in total. The van der Waals surface area contributed by atoms with Crippen molar-refractivity contribution in [2.45, 2.75) is 44.9 Å². The second-order valence-corrected chi connectivity index (χ2v) is 7.62. The molecule has 11 heteroatoms. The maximum absolute atomic E-state index is 13.7. The van der Waals surface area contributed by atoms with Crippen molar-refractivity contribution in [1.82, 2.24) is 14.8 Å². The van der Waals surface area contributed by atoms with Gasteiger partial charge in [0.05, 0.1) is 19.2 Å². The van der Waals surface area contributed by atoms with Gasteiger partial charge in [-0.2, -0.15) is 13.2 Å². The Balaban J connectivity index is 2.42. The van der Waals surface area contributed by atoms with Gasteiger partial charge in [0.25, 0.3) is 0 Å². The molecule has 2 rings (SSSR count). The summed E-state index contributed by atoms with van der Waals surface area (Å²) in [6.45, 7) is 2.25. The first-order valence-electron chi connectivity index (χ1n) is 8.64. The van der Waals surface area contributed by atoms with Gasteiger partial charge in [0.15, 0.2) is 0 Å². The Labute approximate surface area is 174 Å². The molecule has 1 aromatic heterocycles. The van der Waals surface area contributed by atoms with Gasteiger partial charge in [-0.05, 0) is 40.0 Å². The Morgan fingerprint density at radius 1 is 1.36 bits per heavy atom. The van der Waals surface area contributed by atoms with Crippen molar-refractivity contribution in [3.63, 3.8) is 0 Å². The summed E-state index contributed by atoms with van der Waals surface area (Å²) < 4.78 is 46.6. The predicted octanol–water partition coefficient (Wildman–Crippen LogP) is 4.57. The minimum absolute atomic E-state index is 0.0547. The van der Waals surface area contributed by atoms with Crippen molar-refractivity contribution in [2.75, 3.05) is 19.7 Å². The number of piperazine rings is 1. The number of carbonyl (C=O) groups is 2. The number of aromatic nitrogens is 1. The molecule has 2 amide bonds. The van der Waals surface area contributed by atoms with Gasteiger partial charge in [-0.15, -0.1) is 0 Å². The predicted molar refractivity (Wildman–Crippen MR) is 99.9 cm³/mol. The zero-order valence-electron chi connectivity index (χ0n) is 15.3. The third kappa shape index (κ3) is 5.50. The van der Waals surface area contributed by atoms with Crippen LogP contribution in [0.3, 0.4) is 0 Å². The van der Waals surface area contributed by atoms with Gasteiger partial charge in [0.2, 0.25) is 5.91 Å². The highest BCUT2D eigenvalue weighted by molar-refractivity contribution is 9.10. The van der Waals surface area contributed by atoms with Crippen molar-refractivity contribution in [3.05, 3.63) is 27.5 Å². The van der Waals surface area contributed by atoms with Crippen LogP contribution >= 0.6 is 27.5 Å². The van der Waals surface area contributed by atoms with E-state index in [2.05, 4.69) is 20.9 Å². The topological polar surface area (TPSA) is 62.7 Å². The monoisotopic (exact) mass is 485 g/mol. The van der Waals surface area contributed by atoms with Crippen LogP contribution in [0.2, 0.25) is 5.15 Å². The number of unbranched alkanes of at least 4 members (excludes halogenated alkanes) is 1. The Morgan fingerprint density at radius 3 is 2.57 bits per heavy atom. The number of halogens is 5. The van der Waals surface area contributed by atoms with Crippen LogP contribution in [0.5, 0.6) is 0 Å². The quantitative estimate of drug-likeness (QED) is 0.462. The number of carbonyl (C=O) groups excluding carboxylic acids is 2. The molecule has 0 saturated carbocycles. The van der Waals surface area contributed by atoms with E-state index in [1.54, 1.807) is 0 Å². The number of ether oxygens (including phenoxy) is 1.